The second kappa shape index (κ2) is 6.01. The average molecular weight is 306 g/mol. The summed E-state index contributed by atoms with van der Waals surface area (Å²) in [6, 6.07) is 1.88. The van der Waals surface area contributed by atoms with Crippen LogP contribution < -0.4 is 5.32 Å². The molecule has 6 heteroatoms. The van der Waals surface area contributed by atoms with Gasteiger partial charge in [-0.3, -0.25) is 9.48 Å². The number of ether oxygens (including phenoxy) is 1. The van der Waals surface area contributed by atoms with Gasteiger partial charge in [-0.2, -0.15) is 5.10 Å². The monoisotopic (exact) mass is 306 g/mol. The molecule has 0 bridgehead atoms. The third-order valence-corrected chi connectivity index (χ3v) is 5.40. The van der Waals surface area contributed by atoms with Gasteiger partial charge in [0.2, 0.25) is 0 Å². The molecule has 2 aliphatic rings. The van der Waals surface area contributed by atoms with E-state index in [2.05, 4.69) is 10.4 Å². The van der Waals surface area contributed by atoms with E-state index in [1.807, 2.05) is 24.9 Å². The number of amides is 1. The first-order chi connectivity index (χ1) is 10.6. The molecule has 6 nitrogen and oxygen atoms in total. The number of aromatic nitrogens is 2. The normalized spacial score (nSPS) is 24.1. The van der Waals surface area contributed by atoms with E-state index in [-0.39, 0.29) is 11.3 Å². The Morgan fingerprint density at radius 2 is 2.23 bits per heavy atom. The Hall–Kier alpha value is -1.40. The molecule has 122 valence electrons. The van der Waals surface area contributed by atoms with Crippen LogP contribution in [0.4, 0.5) is 0 Å². The van der Waals surface area contributed by atoms with Crippen molar-refractivity contribution in [1.82, 2.24) is 20.0 Å². The van der Waals surface area contributed by atoms with Gasteiger partial charge in [0, 0.05) is 38.9 Å². The van der Waals surface area contributed by atoms with Crippen molar-refractivity contribution in [3.05, 3.63) is 17.5 Å². The number of carbonyl (C=O) groups is 1. The molecule has 0 aromatic carbocycles. The van der Waals surface area contributed by atoms with Crippen molar-refractivity contribution in [2.45, 2.75) is 19.8 Å². The Morgan fingerprint density at radius 1 is 1.50 bits per heavy atom. The zero-order valence-corrected chi connectivity index (χ0v) is 13.8. The number of piperidine rings is 1. The lowest BCUT2D eigenvalue weighted by Crippen LogP contribution is -2.43. The number of hydrogen-bond acceptors (Lipinski definition) is 4. The molecule has 22 heavy (non-hydrogen) atoms. The van der Waals surface area contributed by atoms with Crippen LogP contribution >= 0.6 is 0 Å². The van der Waals surface area contributed by atoms with Gasteiger partial charge in [-0.05, 0) is 44.3 Å². The summed E-state index contributed by atoms with van der Waals surface area (Å²) in [4.78, 5) is 14.8. The summed E-state index contributed by atoms with van der Waals surface area (Å²) in [6.45, 7) is 6.37. The van der Waals surface area contributed by atoms with Crippen LogP contribution in [0.2, 0.25) is 0 Å². The largest absolute Gasteiger partial charge is 0.384 e. The lowest BCUT2D eigenvalue weighted by atomic mass is 9.71. The Bertz CT molecular complexity index is 529. The van der Waals surface area contributed by atoms with E-state index in [0.717, 1.165) is 51.3 Å². The molecule has 0 saturated carbocycles. The number of aryl methyl sites for hydroxylation is 2. The smallest absolute Gasteiger partial charge is 0.274 e. The molecule has 1 atom stereocenters. The highest BCUT2D eigenvalue weighted by Gasteiger charge is 2.48. The van der Waals surface area contributed by atoms with Crippen molar-refractivity contribution in [2.75, 3.05) is 39.9 Å². The van der Waals surface area contributed by atoms with Gasteiger partial charge < -0.3 is 15.0 Å². The lowest BCUT2D eigenvalue weighted by molar-refractivity contribution is 0.0700. The van der Waals surface area contributed by atoms with Gasteiger partial charge in [0.05, 0.1) is 6.61 Å². The first-order valence-corrected chi connectivity index (χ1v) is 8.05. The maximum absolute atomic E-state index is 12.8. The minimum atomic E-state index is 0.0558. The summed E-state index contributed by atoms with van der Waals surface area (Å²) in [6.07, 6.45) is 2.23. The second-order valence-electron chi connectivity index (χ2n) is 6.74. The van der Waals surface area contributed by atoms with Crippen LogP contribution in [0.5, 0.6) is 0 Å². The van der Waals surface area contributed by atoms with E-state index >= 15 is 0 Å². The van der Waals surface area contributed by atoms with Gasteiger partial charge in [0.25, 0.3) is 5.91 Å². The summed E-state index contributed by atoms with van der Waals surface area (Å²) >= 11 is 0. The molecule has 3 heterocycles. The van der Waals surface area contributed by atoms with E-state index in [1.54, 1.807) is 11.8 Å². The van der Waals surface area contributed by atoms with Crippen molar-refractivity contribution < 1.29 is 9.53 Å². The van der Waals surface area contributed by atoms with Crippen LogP contribution in [0.25, 0.3) is 0 Å². The van der Waals surface area contributed by atoms with Crippen molar-refractivity contribution >= 4 is 5.91 Å². The molecular weight excluding hydrogens is 280 g/mol. The van der Waals surface area contributed by atoms with Crippen LogP contribution in [-0.4, -0.2) is 60.5 Å². The van der Waals surface area contributed by atoms with Gasteiger partial charge in [0.1, 0.15) is 0 Å². The lowest BCUT2D eigenvalue weighted by Gasteiger charge is -2.38. The molecule has 2 saturated heterocycles. The molecule has 1 amide bonds. The van der Waals surface area contributed by atoms with Gasteiger partial charge in [-0.15, -0.1) is 0 Å². The van der Waals surface area contributed by atoms with E-state index in [4.69, 9.17) is 4.74 Å². The molecule has 0 radical (unpaired) electrons. The number of rotatable bonds is 3. The molecular formula is C16H26N4O2. The Balaban J connectivity index is 1.79. The molecule has 1 N–H and O–H groups in total. The van der Waals surface area contributed by atoms with Gasteiger partial charge in [-0.25, -0.2) is 0 Å². The number of likely N-dealkylation sites (tertiary alicyclic amines) is 1. The number of nitrogens with one attached hydrogen (secondary N) is 1. The molecule has 1 spiro atoms. The summed E-state index contributed by atoms with van der Waals surface area (Å²) in [5.74, 6) is 0.480. The van der Waals surface area contributed by atoms with Crippen LogP contribution in [0.1, 0.15) is 29.0 Å². The van der Waals surface area contributed by atoms with Gasteiger partial charge in [-0.1, -0.05) is 0 Å². The first-order valence-electron chi connectivity index (χ1n) is 8.05. The minimum absolute atomic E-state index is 0.0558. The molecule has 0 aliphatic carbocycles. The summed E-state index contributed by atoms with van der Waals surface area (Å²) in [7, 11) is 3.62. The van der Waals surface area contributed by atoms with Crippen LogP contribution in [0.15, 0.2) is 6.07 Å². The molecule has 1 aromatic heterocycles. The standard InChI is InChI=1S/C16H26N4O2/c1-12-8-14(18-19(12)2)15(21)20-9-13(10-22-3)16(11-20)4-6-17-7-5-16/h8,13,17H,4-7,9-11H2,1-3H3. The van der Waals surface area contributed by atoms with Crippen molar-refractivity contribution in [3.63, 3.8) is 0 Å². The zero-order chi connectivity index (χ0) is 15.7. The van der Waals surface area contributed by atoms with Crippen molar-refractivity contribution in [3.8, 4) is 0 Å². The van der Waals surface area contributed by atoms with Crippen LogP contribution in [0.3, 0.4) is 0 Å². The average Bonchev–Trinajstić information content (AvgIpc) is 3.02. The zero-order valence-electron chi connectivity index (χ0n) is 13.8. The topological polar surface area (TPSA) is 59.4 Å². The first kappa shape index (κ1) is 15.5. The molecule has 2 fully saturated rings. The fourth-order valence-electron chi connectivity index (χ4n) is 3.94. The summed E-state index contributed by atoms with van der Waals surface area (Å²) in [5, 5.41) is 7.77. The predicted octanol–water partition coefficient (Wildman–Crippen LogP) is 0.817. The SMILES string of the molecule is COCC1CN(C(=O)c2cc(C)n(C)n2)CC12CCNCC2. The Morgan fingerprint density at radius 3 is 2.82 bits per heavy atom. The quantitative estimate of drug-likeness (QED) is 0.898. The van der Waals surface area contributed by atoms with Crippen molar-refractivity contribution in [1.29, 1.82) is 0 Å². The maximum atomic E-state index is 12.8. The van der Waals surface area contributed by atoms with E-state index in [0.29, 0.717) is 11.6 Å². The summed E-state index contributed by atoms with van der Waals surface area (Å²) in [5.41, 5.74) is 1.77. The van der Waals surface area contributed by atoms with Crippen molar-refractivity contribution in [2.24, 2.45) is 18.4 Å². The summed E-state index contributed by atoms with van der Waals surface area (Å²) < 4.78 is 7.19. The van der Waals surface area contributed by atoms with Crippen LogP contribution in [-0.2, 0) is 11.8 Å². The fraction of sp³-hybridized carbons (Fsp3) is 0.750. The van der Waals surface area contributed by atoms with Crippen LogP contribution in [0, 0.1) is 18.3 Å². The molecule has 1 unspecified atom stereocenters. The Kier molecular flexibility index (Phi) is 4.23. The third-order valence-electron chi connectivity index (χ3n) is 5.40. The van der Waals surface area contributed by atoms with E-state index in [9.17, 15) is 4.79 Å². The van der Waals surface area contributed by atoms with Gasteiger partial charge in [0.15, 0.2) is 5.69 Å². The van der Waals surface area contributed by atoms with E-state index < -0.39 is 0 Å². The Labute approximate surface area is 131 Å². The molecule has 2 aliphatic heterocycles. The highest BCUT2D eigenvalue weighted by atomic mass is 16.5. The van der Waals surface area contributed by atoms with Gasteiger partial charge >= 0.3 is 0 Å². The fourth-order valence-corrected chi connectivity index (χ4v) is 3.94. The van der Waals surface area contributed by atoms with E-state index in [1.165, 1.54) is 0 Å². The maximum Gasteiger partial charge on any atom is 0.274 e. The number of carbonyl (C=O) groups excluding carboxylic acids is 1. The molecule has 3 rings (SSSR count). The molecule has 1 aromatic rings. The predicted molar refractivity (Wildman–Crippen MR) is 83.8 cm³/mol. The number of methoxy groups -OCH3 is 1. The second-order valence-corrected chi connectivity index (χ2v) is 6.74. The minimum Gasteiger partial charge on any atom is -0.384 e. The third kappa shape index (κ3) is 2.65. The number of hydrogen-bond donors (Lipinski definition) is 1. The highest BCUT2D eigenvalue weighted by Crippen LogP contribution is 2.43. The highest BCUT2D eigenvalue weighted by molar-refractivity contribution is 5.92. The number of nitrogens with zero attached hydrogens (tertiary/aromatic N) is 3.